The lowest BCUT2D eigenvalue weighted by molar-refractivity contribution is -1.02. The molecule has 1 fully saturated rings. The van der Waals surface area contributed by atoms with Crippen molar-refractivity contribution in [2.75, 3.05) is 46.4 Å². The van der Waals surface area contributed by atoms with Gasteiger partial charge in [0.15, 0.2) is 6.54 Å². The third-order valence-electron chi connectivity index (χ3n) is 5.52. The third kappa shape index (κ3) is 6.08. The number of methoxy groups -OCH3 is 1. The first-order valence-electron chi connectivity index (χ1n) is 10.3. The maximum Gasteiger partial charge on any atom is 0.275 e. The molecule has 0 atom stereocenters. The number of quaternary nitrogens is 2. The fourth-order valence-electron chi connectivity index (χ4n) is 3.96. The van der Waals surface area contributed by atoms with Gasteiger partial charge in [-0.05, 0) is 25.0 Å². The van der Waals surface area contributed by atoms with Crippen LogP contribution in [0.4, 0.5) is 0 Å². The van der Waals surface area contributed by atoms with E-state index in [0.29, 0.717) is 13.1 Å². The highest BCUT2D eigenvalue weighted by Crippen LogP contribution is 2.17. The van der Waals surface area contributed by atoms with Crippen molar-refractivity contribution in [1.29, 1.82) is 0 Å². The van der Waals surface area contributed by atoms with Crippen LogP contribution < -0.4 is 19.9 Å². The Kier molecular flexibility index (Phi) is 7.46. The Bertz CT molecular complexity index is 770. The fraction of sp³-hybridized carbons (Fsp3) is 0.435. The molecule has 1 aliphatic heterocycles. The minimum atomic E-state index is 0.145. The first-order valence-corrected chi connectivity index (χ1v) is 10.3. The molecule has 0 radical (unpaired) electrons. The highest BCUT2D eigenvalue weighted by Gasteiger charge is 2.24. The molecule has 0 aromatic heterocycles. The molecule has 0 spiro atoms. The van der Waals surface area contributed by atoms with Gasteiger partial charge in [0.05, 0.1) is 7.11 Å². The summed E-state index contributed by atoms with van der Waals surface area (Å²) in [6, 6.07) is 16.8. The highest BCUT2D eigenvalue weighted by atomic mass is 16.5. The zero-order valence-electron chi connectivity index (χ0n) is 17.1. The van der Waals surface area contributed by atoms with Crippen molar-refractivity contribution >= 4 is 5.91 Å². The first kappa shape index (κ1) is 20.4. The Hall–Kier alpha value is -2.37. The van der Waals surface area contributed by atoms with E-state index in [0.717, 1.165) is 50.5 Å². The minimum Gasteiger partial charge on any atom is -0.496 e. The molecule has 1 heterocycles. The number of hydrogen-bond acceptors (Lipinski definition) is 2. The van der Waals surface area contributed by atoms with Gasteiger partial charge in [-0.15, -0.1) is 0 Å². The normalized spacial score (nSPS) is 19.2. The molecule has 3 rings (SSSR count). The van der Waals surface area contributed by atoms with Crippen molar-refractivity contribution in [2.24, 2.45) is 0 Å². The largest absolute Gasteiger partial charge is 0.496 e. The summed E-state index contributed by atoms with van der Waals surface area (Å²) in [5, 5.41) is 3.06. The number of nitrogens with one attached hydrogen (secondary N) is 3. The van der Waals surface area contributed by atoms with Crippen LogP contribution in [0.5, 0.6) is 5.75 Å². The van der Waals surface area contributed by atoms with E-state index in [1.807, 2.05) is 24.3 Å². The molecule has 1 saturated heterocycles. The van der Waals surface area contributed by atoms with Crippen LogP contribution in [0.2, 0.25) is 0 Å². The summed E-state index contributed by atoms with van der Waals surface area (Å²) in [6.07, 6.45) is 0.791. The number of aryl methyl sites for hydroxylation is 1. The summed E-state index contributed by atoms with van der Waals surface area (Å²) in [5.41, 5.74) is 3.87. The van der Waals surface area contributed by atoms with Crippen LogP contribution >= 0.6 is 0 Å². The molecular formula is C23H33N3O2+2. The molecule has 1 amide bonds. The second-order valence-electron chi connectivity index (χ2n) is 7.75. The van der Waals surface area contributed by atoms with E-state index in [1.54, 1.807) is 12.0 Å². The summed E-state index contributed by atoms with van der Waals surface area (Å²) in [7, 11) is 1.68. The van der Waals surface area contributed by atoms with Gasteiger partial charge in [0.2, 0.25) is 0 Å². The molecule has 3 N–H and O–H groups in total. The number of carbonyl (C=O) groups is 1. The number of benzene rings is 2. The predicted octanol–water partition coefficient (Wildman–Crippen LogP) is -0.354. The van der Waals surface area contributed by atoms with Crippen molar-refractivity contribution in [3.8, 4) is 5.75 Å². The second-order valence-corrected chi connectivity index (χ2v) is 7.75. The quantitative estimate of drug-likeness (QED) is 0.583. The summed E-state index contributed by atoms with van der Waals surface area (Å²) < 4.78 is 5.36. The molecule has 0 unspecified atom stereocenters. The van der Waals surface area contributed by atoms with Gasteiger partial charge in [-0.25, -0.2) is 0 Å². The molecule has 28 heavy (non-hydrogen) atoms. The Morgan fingerprint density at radius 2 is 1.79 bits per heavy atom. The molecule has 5 heteroatoms. The number of ether oxygens (including phenoxy) is 1. The lowest BCUT2D eigenvalue weighted by Gasteiger charge is -2.29. The van der Waals surface area contributed by atoms with Crippen molar-refractivity contribution in [3.63, 3.8) is 0 Å². The lowest BCUT2D eigenvalue weighted by Crippen LogP contribution is -3.28. The van der Waals surface area contributed by atoms with Gasteiger partial charge in [0.1, 0.15) is 38.5 Å². The van der Waals surface area contributed by atoms with Gasteiger partial charge < -0.3 is 19.9 Å². The molecule has 0 bridgehead atoms. The number of hydrogen-bond donors (Lipinski definition) is 3. The van der Waals surface area contributed by atoms with Crippen LogP contribution in [-0.4, -0.2) is 52.3 Å². The van der Waals surface area contributed by atoms with Crippen molar-refractivity contribution in [1.82, 2.24) is 5.32 Å². The Morgan fingerprint density at radius 1 is 1.04 bits per heavy atom. The second kappa shape index (κ2) is 10.2. The number of rotatable bonds is 8. The number of carbonyl (C=O) groups excluding carboxylic acids is 1. The zero-order valence-corrected chi connectivity index (χ0v) is 17.1. The monoisotopic (exact) mass is 383 g/mol. The molecule has 1 aliphatic rings. The van der Waals surface area contributed by atoms with Crippen LogP contribution in [0.25, 0.3) is 0 Å². The van der Waals surface area contributed by atoms with Crippen LogP contribution in [0.1, 0.15) is 16.7 Å². The van der Waals surface area contributed by atoms with E-state index in [-0.39, 0.29) is 5.91 Å². The lowest BCUT2D eigenvalue weighted by atomic mass is 10.1. The van der Waals surface area contributed by atoms with Crippen molar-refractivity contribution in [3.05, 3.63) is 65.2 Å². The maximum absolute atomic E-state index is 12.3. The Balaban J connectivity index is 1.35. The van der Waals surface area contributed by atoms with Crippen molar-refractivity contribution < 1.29 is 19.3 Å². The molecule has 0 aliphatic carbocycles. The molecule has 2 aromatic carbocycles. The number of amides is 1. The predicted molar refractivity (Wildman–Crippen MR) is 111 cm³/mol. The Morgan fingerprint density at radius 3 is 2.54 bits per heavy atom. The standard InChI is InChI=1S/C23H31N3O2/c1-19-6-5-7-20(16-19)17-25-12-14-26(15-13-25)18-23(27)24-11-10-21-8-3-4-9-22(21)28-2/h3-9,16H,10-15,17-18H2,1-2H3,(H,24,27)/p+2. The van der Waals surface area contributed by atoms with Crippen molar-refractivity contribution in [2.45, 2.75) is 19.9 Å². The van der Waals surface area contributed by atoms with Crippen LogP contribution in [-0.2, 0) is 17.8 Å². The van der Waals surface area contributed by atoms with Gasteiger partial charge >= 0.3 is 0 Å². The van der Waals surface area contributed by atoms with Gasteiger partial charge in [-0.2, -0.15) is 0 Å². The van der Waals surface area contributed by atoms with Crippen LogP contribution in [0, 0.1) is 6.92 Å². The number of para-hydroxylation sites is 1. The van der Waals surface area contributed by atoms with Crippen LogP contribution in [0.15, 0.2) is 48.5 Å². The fourth-order valence-corrected chi connectivity index (χ4v) is 3.96. The topological polar surface area (TPSA) is 47.2 Å². The van der Waals surface area contributed by atoms with Gasteiger partial charge in [0, 0.05) is 12.1 Å². The molecule has 150 valence electrons. The third-order valence-corrected chi connectivity index (χ3v) is 5.52. The highest BCUT2D eigenvalue weighted by molar-refractivity contribution is 5.76. The summed E-state index contributed by atoms with van der Waals surface area (Å²) in [5.74, 6) is 1.03. The van der Waals surface area contributed by atoms with Gasteiger partial charge in [-0.1, -0.05) is 48.0 Å². The number of piperazine rings is 1. The zero-order chi connectivity index (χ0) is 19.8. The molecule has 0 saturated carbocycles. The first-order chi connectivity index (χ1) is 13.6. The Labute approximate surface area is 168 Å². The van der Waals surface area contributed by atoms with Gasteiger partial charge in [-0.3, -0.25) is 4.79 Å². The summed E-state index contributed by atoms with van der Waals surface area (Å²) >= 11 is 0. The smallest absolute Gasteiger partial charge is 0.275 e. The van der Waals surface area contributed by atoms with E-state index >= 15 is 0 Å². The van der Waals surface area contributed by atoms with Crippen LogP contribution in [0.3, 0.4) is 0 Å². The van der Waals surface area contributed by atoms with E-state index in [2.05, 4.69) is 36.5 Å². The maximum atomic E-state index is 12.3. The SMILES string of the molecule is COc1ccccc1CCNC(=O)C[NH+]1CC[NH+](Cc2cccc(C)c2)CC1. The van der Waals surface area contributed by atoms with E-state index in [1.165, 1.54) is 16.0 Å². The summed E-state index contributed by atoms with van der Waals surface area (Å²) in [6.45, 7) is 8.81. The molecular weight excluding hydrogens is 350 g/mol. The minimum absolute atomic E-state index is 0.145. The van der Waals surface area contributed by atoms with E-state index in [4.69, 9.17) is 4.74 Å². The van der Waals surface area contributed by atoms with E-state index in [9.17, 15) is 4.79 Å². The molecule has 5 nitrogen and oxygen atoms in total. The van der Waals surface area contributed by atoms with Gasteiger partial charge in [0.25, 0.3) is 5.91 Å². The average Bonchev–Trinajstić information content (AvgIpc) is 2.70. The van der Waals surface area contributed by atoms with E-state index < -0.39 is 0 Å². The average molecular weight is 384 g/mol. The molecule has 2 aromatic rings. The summed E-state index contributed by atoms with van der Waals surface area (Å²) in [4.78, 5) is 15.3.